The van der Waals surface area contributed by atoms with Gasteiger partial charge in [0.2, 0.25) is 15.9 Å². The number of benzene rings is 2. The lowest BCUT2D eigenvalue weighted by atomic mass is 10.3. The number of para-hydroxylation sites is 2. The summed E-state index contributed by atoms with van der Waals surface area (Å²) in [6.45, 7) is -0.378. The number of sulfonamides is 1. The van der Waals surface area contributed by atoms with Crippen LogP contribution in [-0.4, -0.2) is 34.2 Å². The molecule has 128 valence electrons. The highest BCUT2D eigenvalue weighted by atomic mass is 35.5. The zero-order valence-corrected chi connectivity index (χ0v) is 14.8. The lowest BCUT2D eigenvalue weighted by molar-refractivity contribution is -0.114. The summed E-state index contributed by atoms with van der Waals surface area (Å²) in [6, 6.07) is 13.2. The number of anilines is 2. The zero-order valence-electron chi connectivity index (χ0n) is 13.2. The van der Waals surface area contributed by atoms with E-state index < -0.39 is 15.9 Å². The molecule has 0 saturated carbocycles. The van der Waals surface area contributed by atoms with Crippen molar-refractivity contribution in [2.75, 3.05) is 29.5 Å². The molecule has 0 aliphatic carbocycles. The first kappa shape index (κ1) is 18.1. The third-order valence-electron chi connectivity index (χ3n) is 3.16. The van der Waals surface area contributed by atoms with Crippen LogP contribution in [0.25, 0.3) is 0 Å². The number of hydrogen-bond donors (Lipinski definition) is 1. The molecule has 2 rings (SSSR count). The van der Waals surface area contributed by atoms with Gasteiger partial charge in [-0.15, -0.1) is 0 Å². The Hall–Kier alpha value is -2.25. The predicted octanol–water partition coefficient (Wildman–Crippen LogP) is 2.75. The van der Waals surface area contributed by atoms with Crippen molar-refractivity contribution in [1.82, 2.24) is 0 Å². The zero-order chi connectivity index (χ0) is 17.7. The van der Waals surface area contributed by atoms with Gasteiger partial charge in [-0.05, 0) is 30.3 Å². The average molecular weight is 369 g/mol. The highest BCUT2D eigenvalue weighted by molar-refractivity contribution is 7.92. The molecule has 0 radical (unpaired) electrons. The molecular formula is C16H17ClN2O4S. The maximum atomic E-state index is 12.3. The van der Waals surface area contributed by atoms with Gasteiger partial charge in [0.15, 0.2) is 0 Å². The smallest absolute Gasteiger partial charge is 0.245 e. The minimum atomic E-state index is -3.66. The molecule has 2 aromatic carbocycles. The fraction of sp³-hybridized carbons (Fsp3) is 0.188. The van der Waals surface area contributed by atoms with E-state index >= 15 is 0 Å². The lowest BCUT2D eigenvalue weighted by Gasteiger charge is -2.22. The first-order valence-corrected chi connectivity index (χ1v) is 9.20. The quantitative estimate of drug-likeness (QED) is 0.850. The summed E-state index contributed by atoms with van der Waals surface area (Å²) in [7, 11) is -2.17. The predicted molar refractivity (Wildman–Crippen MR) is 95.3 cm³/mol. The van der Waals surface area contributed by atoms with E-state index in [0.29, 0.717) is 22.1 Å². The van der Waals surface area contributed by atoms with Crippen LogP contribution in [-0.2, 0) is 14.8 Å². The molecule has 0 unspecified atom stereocenters. The number of nitrogens with one attached hydrogen (secondary N) is 1. The van der Waals surface area contributed by atoms with Gasteiger partial charge < -0.3 is 10.1 Å². The lowest BCUT2D eigenvalue weighted by Crippen LogP contribution is -2.37. The van der Waals surface area contributed by atoms with Gasteiger partial charge in [-0.25, -0.2) is 8.42 Å². The number of methoxy groups -OCH3 is 1. The molecule has 0 saturated heterocycles. The van der Waals surface area contributed by atoms with Crippen LogP contribution < -0.4 is 14.4 Å². The Balaban J connectivity index is 2.23. The molecule has 0 bridgehead atoms. The summed E-state index contributed by atoms with van der Waals surface area (Å²) in [5, 5.41) is 3.03. The minimum Gasteiger partial charge on any atom is -0.495 e. The number of carbonyl (C=O) groups is 1. The molecule has 2 aromatic rings. The van der Waals surface area contributed by atoms with E-state index in [1.54, 1.807) is 42.5 Å². The van der Waals surface area contributed by atoms with E-state index in [9.17, 15) is 13.2 Å². The number of nitrogens with zero attached hydrogens (tertiary/aromatic N) is 1. The van der Waals surface area contributed by atoms with Crippen molar-refractivity contribution in [2.45, 2.75) is 0 Å². The van der Waals surface area contributed by atoms with Crippen LogP contribution in [0.5, 0.6) is 5.75 Å². The summed E-state index contributed by atoms with van der Waals surface area (Å²) in [4.78, 5) is 12.3. The van der Waals surface area contributed by atoms with Crippen LogP contribution in [0, 0.1) is 0 Å². The Morgan fingerprint density at radius 3 is 2.54 bits per heavy atom. The molecule has 0 aromatic heterocycles. The summed E-state index contributed by atoms with van der Waals surface area (Å²) in [6.07, 6.45) is 1.03. The molecule has 1 N–H and O–H groups in total. The van der Waals surface area contributed by atoms with Gasteiger partial charge in [-0.1, -0.05) is 29.8 Å². The SMILES string of the molecule is COc1ccccc1NC(=O)CN(c1cccc(Cl)c1)S(C)(=O)=O. The number of carbonyl (C=O) groups excluding carboxylic acids is 1. The largest absolute Gasteiger partial charge is 0.495 e. The molecule has 0 spiro atoms. The van der Waals surface area contributed by atoms with Crippen LogP contribution >= 0.6 is 11.6 Å². The normalized spacial score (nSPS) is 11.0. The van der Waals surface area contributed by atoms with Crippen molar-refractivity contribution in [3.05, 3.63) is 53.6 Å². The second-order valence-electron chi connectivity index (χ2n) is 5.00. The molecule has 1 amide bonds. The second-order valence-corrected chi connectivity index (χ2v) is 7.34. The van der Waals surface area contributed by atoms with Crippen molar-refractivity contribution < 1.29 is 17.9 Å². The first-order valence-electron chi connectivity index (χ1n) is 6.97. The third-order valence-corrected chi connectivity index (χ3v) is 4.54. The van der Waals surface area contributed by atoms with Gasteiger partial charge in [-0.3, -0.25) is 9.10 Å². The van der Waals surface area contributed by atoms with E-state index in [1.807, 2.05) is 0 Å². The van der Waals surface area contributed by atoms with E-state index in [-0.39, 0.29) is 6.54 Å². The Labute approximate surface area is 146 Å². The summed E-state index contributed by atoms with van der Waals surface area (Å²) >= 11 is 5.91. The third kappa shape index (κ3) is 4.62. The number of rotatable bonds is 6. The molecule has 6 nitrogen and oxygen atoms in total. The summed E-state index contributed by atoms with van der Waals surface area (Å²) in [5.74, 6) is -0.00980. The Morgan fingerprint density at radius 2 is 1.92 bits per heavy atom. The van der Waals surface area contributed by atoms with Crippen molar-refractivity contribution in [3.8, 4) is 5.75 Å². The molecule has 0 aliphatic rings. The van der Waals surface area contributed by atoms with Crippen molar-refractivity contribution in [2.24, 2.45) is 0 Å². The van der Waals surface area contributed by atoms with Crippen LogP contribution in [0.1, 0.15) is 0 Å². The van der Waals surface area contributed by atoms with E-state index in [4.69, 9.17) is 16.3 Å². The molecule has 24 heavy (non-hydrogen) atoms. The molecule has 0 fully saturated rings. The van der Waals surface area contributed by atoms with Gasteiger partial charge in [0.25, 0.3) is 0 Å². The number of amides is 1. The van der Waals surface area contributed by atoms with Gasteiger partial charge in [0.05, 0.1) is 24.7 Å². The summed E-state index contributed by atoms with van der Waals surface area (Å²) in [5.41, 5.74) is 0.782. The van der Waals surface area contributed by atoms with Crippen LogP contribution in [0.3, 0.4) is 0 Å². The maximum Gasteiger partial charge on any atom is 0.245 e. The molecule has 0 heterocycles. The fourth-order valence-corrected chi connectivity index (χ4v) is 3.13. The monoisotopic (exact) mass is 368 g/mol. The second kappa shape index (κ2) is 7.55. The highest BCUT2D eigenvalue weighted by Crippen LogP contribution is 2.24. The fourth-order valence-electron chi connectivity index (χ4n) is 2.10. The Bertz CT molecular complexity index is 839. The molecule has 0 atom stereocenters. The summed E-state index contributed by atoms with van der Waals surface area (Å²) < 4.78 is 30.2. The van der Waals surface area contributed by atoms with Gasteiger partial charge in [0, 0.05) is 5.02 Å². The van der Waals surface area contributed by atoms with Crippen LogP contribution in [0.2, 0.25) is 5.02 Å². The average Bonchev–Trinajstić information content (AvgIpc) is 2.52. The van der Waals surface area contributed by atoms with E-state index in [1.165, 1.54) is 13.2 Å². The topological polar surface area (TPSA) is 75.7 Å². The first-order chi connectivity index (χ1) is 11.3. The maximum absolute atomic E-state index is 12.3. The van der Waals surface area contributed by atoms with E-state index in [0.717, 1.165) is 10.6 Å². The molecule has 8 heteroatoms. The van der Waals surface area contributed by atoms with Gasteiger partial charge >= 0.3 is 0 Å². The Morgan fingerprint density at radius 1 is 1.21 bits per heavy atom. The number of ether oxygens (including phenoxy) is 1. The highest BCUT2D eigenvalue weighted by Gasteiger charge is 2.21. The van der Waals surface area contributed by atoms with E-state index in [2.05, 4.69) is 5.32 Å². The number of halogens is 1. The number of hydrogen-bond acceptors (Lipinski definition) is 4. The van der Waals surface area contributed by atoms with Crippen molar-refractivity contribution >= 4 is 38.9 Å². The van der Waals surface area contributed by atoms with Crippen LogP contribution in [0.4, 0.5) is 11.4 Å². The van der Waals surface area contributed by atoms with Gasteiger partial charge in [0.1, 0.15) is 12.3 Å². The van der Waals surface area contributed by atoms with Crippen LogP contribution in [0.15, 0.2) is 48.5 Å². The standard InChI is InChI=1S/C16H17ClN2O4S/c1-23-15-9-4-3-8-14(15)18-16(20)11-19(24(2,21)22)13-7-5-6-12(17)10-13/h3-10H,11H2,1-2H3,(H,18,20). The van der Waals surface area contributed by atoms with Gasteiger partial charge in [-0.2, -0.15) is 0 Å². The van der Waals surface area contributed by atoms with Crippen molar-refractivity contribution in [1.29, 1.82) is 0 Å². The molecule has 0 aliphatic heterocycles. The molecular weight excluding hydrogens is 352 g/mol. The minimum absolute atomic E-state index is 0.320. The Kier molecular flexibility index (Phi) is 5.69. The van der Waals surface area contributed by atoms with Crippen molar-refractivity contribution in [3.63, 3.8) is 0 Å².